The van der Waals surface area contributed by atoms with Gasteiger partial charge >= 0.3 is 0 Å². The molecule has 2 aromatic heterocycles. The van der Waals surface area contributed by atoms with E-state index in [1.165, 1.54) is 0 Å². The van der Waals surface area contributed by atoms with Crippen LogP contribution in [0.3, 0.4) is 0 Å². The lowest BCUT2D eigenvalue weighted by Gasteiger charge is -2.08. The summed E-state index contributed by atoms with van der Waals surface area (Å²) in [6.07, 6.45) is 0. The average molecular weight is 318 g/mol. The molecule has 0 radical (unpaired) electrons. The van der Waals surface area contributed by atoms with Crippen LogP contribution in [0.5, 0.6) is 0 Å². The second-order valence-electron chi connectivity index (χ2n) is 3.95. The van der Waals surface area contributed by atoms with Crippen molar-refractivity contribution in [3.05, 3.63) is 20.7 Å². The zero-order valence-electron chi connectivity index (χ0n) is 9.03. The first-order valence-electron chi connectivity index (χ1n) is 4.98. The van der Waals surface area contributed by atoms with Gasteiger partial charge in [0.05, 0.1) is 4.88 Å². The van der Waals surface area contributed by atoms with Gasteiger partial charge in [-0.3, -0.25) is 9.67 Å². The highest BCUT2D eigenvalue weighted by Crippen LogP contribution is 2.32. The van der Waals surface area contributed by atoms with Gasteiger partial charge in [0.2, 0.25) is 0 Å². The van der Waals surface area contributed by atoms with Crippen LogP contribution < -0.4 is 0 Å². The number of hydrogen-bond donors (Lipinski definition) is 1. The number of aromatic nitrogens is 3. The normalized spacial score (nSPS) is 11.2. The van der Waals surface area contributed by atoms with Gasteiger partial charge < -0.3 is 0 Å². The van der Waals surface area contributed by atoms with Gasteiger partial charge in [-0.25, -0.2) is 0 Å². The van der Waals surface area contributed by atoms with Crippen molar-refractivity contribution in [2.24, 2.45) is 5.92 Å². The largest absolute Gasteiger partial charge is 0.299 e. The van der Waals surface area contributed by atoms with Crippen LogP contribution in [0, 0.1) is 10.7 Å². The van der Waals surface area contributed by atoms with Gasteiger partial charge in [-0.2, -0.15) is 5.10 Å². The number of thiophene rings is 1. The van der Waals surface area contributed by atoms with Crippen molar-refractivity contribution in [3.63, 3.8) is 0 Å². The molecule has 16 heavy (non-hydrogen) atoms. The first-order valence-corrected chi connectivity index (χ1v) is 7.06. The van der Waals surface area contributed by atoms with E-state index in [0.717, 1.165) is 21.7 Å². The van der Waals surface area contributed by atoms with Crippen molar-refractivity contribution < 1.29 is 0 Å². The van der Waals surface area contributed by atoms with E-state index in [2.05, 4.69) is 44.5 Å². The molecule has 2 aromatic rings. The molecule has 2 heterocycles. The standard InChI is InChI=1S/C10H12BrN3S2/c1-6(2)5-14-9(12-13-10(14)15)8-7(11)3-4-16-8/h3-4,6H,5H2,1-2H3,(H,13,15). The van der Waals surface area contributed by atoms with Crippen molar-refractivity contribution in [3.8, 4) is 10.7 Å². The number of halogens is 1. The number of aromatic amines is 1. The van der Waals surface area contributed by atoms with E-state index in [1.54, 1.807) is 11.3 Å². The zero-order chi connectivity index (χ0) is 11.7. The number of nitrogens with one attached hydrogen (secondary N) is 1. The minimum atomic E-state index is 0.543. The Morgan fingerprint density at radius 3 is 2.94 bits per heavy atom. The van der Waals surface area contributed by atoms with E-state index in [0.29, 0.717) is 10.7 Å². The number of nitrogens with zero attached hydrogens (tertiary/aromatic N) is 2. The molecule has 3 nitrogen and oxygen atoms in total. The topological polar surface area (TPSA) is 33.6 Å². The molecule has 6 heteroatoms. The van der Waals surface area contributed by atoms with Gasteiger partial charge in [0.1, 0.15) is 0 Å². The van der Waals surface area contributed by atoms with Crippen LogP contribution in [0.2, 0.25) is 0 Å². The van der Waals surface area contributed by atoms with Crippen LogP contribution in [-0.2, 0) is 6.54 Å². The fraction of sp³-hybridized carbons (Fsp3) is 0.400. The van der Waals surface area contributed by atoms with Gasteiger partial charge in [0.25, 0.3) is 0 Å². The molecule has 2 rings (SSSR count). The van der Waals surface area contributed by atoms with Crippen LogP contribution >= 0.6 is 39.5 Å². The van der Waals surface area contributed by atoms with Crippen LogP contribution in [-0.4, -0.2) is 14.8 Å². The first-order chi connectivity index (χ1) is 7.59. The van der Waals surface area contributed by atoms with E-state index in [1.807, 2.05) is 11.4 Å². The van der Waals surface area contributed by atoms with Gasteiger partial charge in [-0.05, 0) is 45.5 Å². The van der Waals surface area contributed by atoms with Gasteiger partial charge in [-0.1, -0.05) is 13.8 Å². The minimum absolute atomic E-state index is 0.543. The summed E-state index contributed by atoms with van der Waals surface area (Å²) >= 11 is 10.4. The molecule has 0 amide bonds. The van der Waals surface area contributed by atoms with Crippen LogP contribution in [0.4, 0.5) is 0 Å². The summed E-state index contributed by atoms with van der Waals surface area (Å²) in [7, 11) is 0. The van der Waals surface area contributed by atoms with Crippen molar-refractivity contribution >= 4 is 39.5 Å². The highest BCUT2D eigenvalue weighted by atomic mass is 79.9. The number of rotatable bonds is 3. The molecule has 0 aliphatic carbocycles. The zero-order valence-corrected chi connectivity index (χ0v) is 12.2. The van der Waals surface area contributed by atoms with Crippen molar-refractivity contribution in [2.75, 3.05) is 0 Å². The Balaban J connectivity index is 2.50. The third-order valence-corrected chi connectivity index (χ3v) is 4.27. The van der Waals surface area contributed by atoms with E-state index < -0.39 is 0 Å². The van der Waals surface area contributed by atoms with Crippen molar-refractivity contribution in [1.29, 1.82) is 0 Å². The Morgan fingerprint density at radius 2 is 2.38 bits per heavy atom. The molecule has 0 aromatic carbocycles. The van der Waals surface area contributed by atoms with Gasteiger partial charge in [0.15, 0.2) is 10.6 Å². The number of H-pyrrole nitrogens is 1. The minimum Gasteiger partial charge on any atom is -0.299 e. The molecule has 1 N–H and O–H groups in total. The van der Waals surface area contributed by atoms with Crippen molar-refractivity contribution in [2.45, 2.75) is 20.4 Å². The SMILES string of the molecule is CC(C)Cn1c(-c2sccc2Br)n[nH]c1=S. The lowest BCUT2D eigenvalue weighted by molar-refractivity contribution is 0.522. The molecule has 0 saturated carbocycles. The lowest BCUT2D eigenvalue weighted by Crippen LogP contribution is -2.06. The predicted molar refractivity (Wildman–Crippen MR) is 73.3 cm³/mol. The summed E-state index contributed by atoms with van der Waals surface area (Å²) < 4.78 is 3.80. The van der Waals surface area contributed by atoms with E-state index in [-0.39, 0.29) is 0 Å². The van der Waals surface area contributed by atoms with Crippen LogP contribution in [0.25, 0.3) is 10.7 Å². The fourth-order valence-electron chi connectivity index (χ4n) is 1.48. The predicted octanol–water partition coefficient (Wildman–Crippen LogP) is 4.09. The summed E-state index contributed by atoms with van der Waals surface area (Å²) in [5.41, 5.74) is 0. The highest BCUT2D eigenvalue weighted by Gasteiger charge is 2.13. The Hall–Kier alpha value is -0.460. The summed E-state index contributed by atoms with van der Waals surface area (Å²) in [5.74, 6) is 1.46. The molecular formula is C10H12BrN3S2. The summed E-state index contributed by atoms with van der Waals surface area (Å²) in [4.78, 5) is 1.12. The van der Waals surface area contributed by atoms with Gasteiger partial charge in [0, 0.05) is 11.0 Å². The molecule has 0 aliphatic heterocycles. The third kappa shape index (κ3) is 2.28. The second kappa shape index (κ2) is 4.81. The molecule has 0 bridgehead atoms. The fourth-order valence-corrected chi connectivity index (χ4v) is 3.23. The Bertz CT molecular complexity index is 538. The summed E-state index contributed by atoms with van der Waals surface area (Å²) in [5, 5.41) is 9.20. The van der Waals surface area contributed by atoms with E-state index in [9.17, 15) is 0 Å². The third-order valence-electron chi connectivity index (χ3n) is 2.13. The van der Waals surface area contributed by atoms with Crippen molar-refractivity contribution in [1.82, 2.24) is 14.8 Å². The summed E-state index contributed by atoms with van der Waals surface area (Å²) in [6, 6.07) is 2.03. The van der Waals surface area contributed by atoms with Crippen LogP contribution in [0.15, 0.2) is 15.9 Å². The Morgan fingerprint density at radius 1 is 1.62 bits per heavy atom. The van der Waals surface area contributed by atoms with Gasteiger partial charge in [-0.15, -0.1) is 11.3 Å². The monoisotopic (exact) mass is 317 g/mol. The smallest absolute Gasteiger partial charge is 0.195 e. The molecule has 0 fully saturated rings. The summed E-state index contributed by atoms with van der Waals surface area (Å²) in [6.45, 7) is 5.22. The molecule has 0 saturated heterocycles. The maximum absolute atomic E-state index is 5.24. The van der Waals surface area contributed by atoms with E-state index >= 15 is 0 Å². The quantitative estimate of drug-likeness (QED) is 0.865. The van der Waals surface area contributed by atoms with E-state index in [4.69, 9.17) is 12.2 Å². The molecule has 0 aliphatic rings. The lowest BCUT2D eigenvalue weighted by atomic mass is 10.2. The van der Waals surface area contributed by atoms with Crippen LogP contribution in [0.1, 0.15) is 13.8 Å². The Labute approximate surface area is 112 Å². The average Bonchev–Trinajstić information content (AvgIpc) is 2.75. The maximum Gasteiger partial charge on any atom is 0.195 e. The highest BCUT2D eigenvalue weighted by molar-refractivity contribution is 9.10. The number of hydrogen-bond acceptors (Lipinski definition) is 3. The molecule has 0 unspecified atom stereocenters. The molecular weight excluding hydrogens is 306 g/mol. The molecule has 86 valence electrons. The molecule has 0 spiro atoms. The first kappa shape index (κ1) is 12.0. The Kier molecular flexibility index (Phi) is 3.61. The second-order valence-corrected chi connectivity index (χ2v) is 6.11. The maximum atomic E-state index is 5.24. The molecule has 0 atom stereocenters.